The van der Waals surface area contributed by atoms with E-state index in [1.54, 1.807) is 0 Å². The third-order valence-electron chi connectivity index (χ3n) is 5.71. The van der Waals surface area contributed by atoms with E-state index in [-0.39, 0.29) is 17.6 Å². The summed E-state index contributed by atoms with van der Waals surface area (Å²) in [6.07, 6.45) is -1.85. The van der Waals surface area contributed by atoms with Crippen molar-refractivity contribution >= 4 is 5.91 Å². The summed E-state index contributed by atoms with van der Waals surface area (Å²) in [6.45, 7) is 1.39. The number of carbonyl (C=O) groups is 1. The molecular formula is C22H23F3N2O2. The fourth-order valence-electron chi connectivity index (χ4n) is 4.22. The van der Waals surface area contributed by atoms with Gasteiger partial charge in [0.2, 0.25) is 0 Å². The van der Waals surface area contributed by atoms with Crippen molar-refractivity contribution in [3.8, 4) is 0 Å². The van der Waals surface area contributed by atoms with Crippen LogP contribution in [0.5, 0.6) is 0 Å². The van der Waals surface area contributed by atoms with Crippen molar-refractivity contribution in [1.82, 2.24) is 10.2 Å². The van der Waals surface area contributed by atoms with Gasteiger partial charge in [-0.2, -0.15) is 13.2 Å². The van der Waals surface area contributed by atoms with Crippen LogP contribution in [0.15, 0.2) is 54.6 Å². The first-order chi connectivity index (χ1) is 13.9. The molecule has 2 saturated heterocycles. The van der Waals surface area contributed by atoms with Crippen LogP contribution >= 0.6 is 0 Å². The van der Waals surface area contributed by atoms with Gasteiger partial charge in [-0.25, -0.2) is 0 Å². The minimum atomic E-state index is -4.42. The Labute approximate surface area is 167 Å². The molecule has 2 aromatic rings. The number of piperidine rings is 1. The van der Waals surface area contributed by atoms with Crippen molar-refractivity contribution in [2.75, 3.05) is 13.2 Å². The first-order valence-electron chi connectivity index (χ1n) is 9.84. The smallest absolute Gasteiger partial charge is 0.355 e. The molecule has 2 aromatic carbocycles. The molecule has 0 aromatic heterocycles. The number of nitrogens with zero attached hydrogens (tertiary/aromatic N) is 1. The maximum Gasteiger partial charge on any atom is 0.416 e. The Morgan fingerprint density at radius 3 is 2.45 bits per heavy atom. The minimum absolute atomic E-state index is 0.0427. The van der Waals surface area contributed by atoms with Crippen LogP contribution in [0.25, 0.3) is 0 Å². The third-order valence-corrected chi connectivity index (χ3v) is 5.71. The number of alkyl halides is 3. The molecule has 2 aliphatic rings. The summed E-state index contributed by atoms with van der Waals surface area (Å²) in [5.74, 6) is -0.424. The highest BCUT2D eigenvalue weighted by Crippen LogP contribution is 2.35. The Balaban J connectivity index is 1.47. The van der Waals surface area contributed by atoms with E-state index >= 15 is 0 Å². The largest absolute Gasteiger partial charge is 0.416 e. The molecule has 0 unspecified atom stereocenters. The summed E-state index contributed by atoms with van der Waals surface area (Å²) < 4.78 is 44.2. The lowest BCUT2D eigenvalue weighted by Crippen LogP contribution is -2.60. The molecule has 2 aliphatic heterocycles. The van der Waals surface area contributed by atoms with Gasteiger partial charge >= 0.3 is 6.18 Å². The summed E-state index contributed by atoms with van der Waals surface area (Å²) >= 11 is 0. The van der Waals surface area contributed by atoms with Crippen molar-refractivity contribution in [3.63, 3.8) is 0 Å². The number of nitrogens with one attached hydrogen (secondary N) is 1. The normalized spacial score (nSPS) is 25.3. The van der Waals surface area contributed by atoms with E-state index in [9.17, 15) is 18.0 Å². The second kappa shape index (κ2) is 8.16. The van der Waals surface area contributed by atoms with E-state index in [0.717, 1.165) is 37.9 Å². The molecule has 3 atom stereocenters. The predicted octanol–water partition coefficient (Wildman–Crippen LogP) is 4.39. The predicted molar refractivity (Wildman–Crippen MR) is 102 cm³/mol. The molecule has 7 heteroatoms. The van der Waals surface area contributed by atoms with Gasteiger partial charge in [-0.3, -0.25) is 9.69 Å². The number of ether oxygens (including phenoxy) is 1. The molecule has 0 aliphatic carbocycles. The number of benzene rings is 2. The third kappa shape index (κ3) is 4.31. The molecule has 2 fully saturated rings. The Hall–Kier alpha value is -2.38. The topological polar surface area (TPSA) is 41.6 Å². The van der Waals surface area contributed by atoms with Gasteiger partial charge in [0.1, 0.15) is 6.23 Å². The summed E-state index contributed by atoms with van der Waals surface area (Å²) in [5, 5.41) is 2.88. The first-order valence-corrected chi connectivity index (χ1v) is 9.84. The lowest BCUT2D eigenvalue weighted by Gasteiger charge is -2.48. The van der Waals surface area contributed by atoms with Gasteiger partial charge in [-0.15, -0.1) is 0 Å². The van der Waals surface area contributed by atoms with Crippen LogP contribution in [0.1, 0.15) is 46.8 Å². The molecule has 4 nitrogen and oxygen atoms in total. The van der Waals surface area contributed by atoms with Gasteiger partial charge in [0.25, 0.3) is 5.91 Å². The lowest BCUT2D eigenvalue weighted by molar-refractivity contribution is -0.137. The van der Waals surface area contributed by atoms with E-state index in [0.29, 0.717) is 6.61 Å². The molecule has 0 saturated carbocycles. The summed E-state index contributed by atoms with van der Waals surface area (Å²) in [5.41, 5.74) is 0.605. The monoisotopic (exact) mass is 404 g/mol. The number of morpholine rings is 1. The Morgan fingerprint density at radius 2 is 1.76 bits per heavy atom. The van der Waals surface area contributed by atoms with Crippen LogP contribution in [0.3, 0.4) is 0 Å². The molecular weight excluding hydrogens is 381 g/mol. The number of rotatable bonds is 3. The van der Waals surface area contributed by atoms with E-state index in [4.69, 9.17) is 4.74 Å². The van der Waals surface area contributed by atoms with Crippen LogP contribution in [0.2, 0.25) is 0 Å². The average molecular weight is 404 g/mol. The first kappa shape index (κ1) is 19.9. The number of amides is 1. The fraction of sp³-hybridized carbons (Fsp3) is 0.409. The number of carbonyl (C=O) groups excluding carboxylic acids is 1. The molecule has 1 N–H and O–H groups in total. The van der Waals surface area contributed by atoms with Crippen LogP contribution in [0, 0.1) is 0 Å². The summed E-state index contributed by atoms with van der Waals surface area (Å²) in [4.78, 5) is 15.0. The summed E-state index contributed by atoms with van der Waals surface area (Å²) in [7, 11) is 0. The number of hydrogen-bond donors (Lipinski definition) is 1. The SMILES string of the molecule is O=C(N[C@@H]1OC[C@@H](c2ccccc2)N2CCCC[C@@H]12)c1ccc(C(F)(F)F)cc1. The Kier molecular flexibility index (Phi) is 5.61. The maximum atomic E-state index is 12.7. The highest BCUT2D eigenvalue weighted by molar-refractivity contribution is 5.94. The Morgan fingerprint density at radius 1 is 1.03 bits per heavy atom. The van der Waals surface area contributed by atoms with E-state index < -0.39 is 23.9 Å². The molecule has 0 radical (unpaired) electrons. The summed E-state index contributed by atoms with van der Waals surface area (Å²) in [6, 6.07) is 14.6. The number of halogens is 3. The number of fused-ring (bicyclic) bond motifs is 1. The van der Waals surface area contributed by atoms with E-state index in [1.165, 1.54) is 17.7 Å². The highest BCUT2D eigenvalue weighted by Gasteiger charge is 2.40. The average Bonchev–Trinajstić information content (AvgIpc) is 2.74. The van der Waals surface area contributed by atoms with E-state index in [2.05, 4.69) is 22.3 Å². The van der Waals surface area contributed by atoms with Gasteiger partial charge in [0, 0.05) is 5.56 Å². The zero-order valence-electron chi connectivity index (χ0n) is 15.9. The molecule has 4 rings (SSSR count). The molecule has 2 heterocycles. The van der Waals surface area contributed by atoms with Crippen molar-refractivity contribution in [1.29, 1.82) is 0 Å². The standard InChI is InChI=1S/C22H23F3N2O2/c23-22(24,25)17-11-9-16(10-12-17)20(28)26-21-18-8-4-5-13-27(18)19(14-29-21)15-6-2-1-3-7-15/h1-3,6-7,9-12,18-19,21H,4-5,8,13-14H2,(H,26,28)/t18-,19-,21+/m0/s1. The van der Waals surface area contributed by atoms with Crippen LogP contribution < -0.4 is 5.32 Å². The van der Waals surface area contributed by atoms with Gasteiger partial charge in [0.15, 0.2) is 0 Å². The Bertz CT molecular complexity index is 839. The molecule has 0 spiro atoms. The minimum Gasteiger partial charge on any atom is -0.355 e. The van der Waals surface area contributed by atoms with Crippen molar-refractivity contribution in [2.45, 2.75) is 43.8 Å². The second-order valence-electron chi connectivity index (χ2n) is 7.53. The highest BCUT2D eigenvalue weighted by atomic mass is 19.4. The second-order valence-corrected chi connectivity index (χ2v) is 7.53. The van der Waals surface area contributed by atoms with Gasteiger partial charge < -0.3 is 10.1 Å². The van der Waals surface area contributed by atoms with Gasteiger partial charge in [-0.05, 0) is 49.2 Å². The van der Waals surface area contributed by atoms with Crippen LogP contribution in [0.4, 0.5) is 13.2 Å². The van der Waals surface area contributed by atoms with Gasteiger partial charge in [-0.1, -0.05) is 36.8 Å². The van der Waals surface area contributed by atoms with Gasteiger partial charge in [0.05, 0.1) is 24.3 Å². The van der Waals surface area contributed by atoms with Crippen molar-refractivity contribution in [3.05, 3.63) is 71.3 Å². The molecule has 1 amide bonds. The lowest BCUT2D eigenvalue weighted by atomic mass is 9.93. The zero-order chi connectivity index (χ0) is 20.4. The van der Waals surface area contributed by atoms with Crippen molar-refractivity contribution in [2.24, 2.45) is 0 Å². The van der Waals surface area contributed by atoms with E-state index in [1.807, 2.05) is 18.2 Å². The molecule has 29 heavy (non-hydrogen) atoms. The molecule has 154 valence electrons. The van der Waals surface area contributed by atoms with Crippen LogP contribution in [-0.2, 0) is 10.9 Å². The van der Waals surface area contributed by atoms with Crippen LogP contribution in [-0.4, -0.2) is 36.2 Å². The zero-order valence-corrected chi connectivity index (χ0v) is 15.9. The molecule has 0 bridgehead atoms. The van der Waals surface area contributed by atoms with Crippen molar-refractivity contribution < 1.29 is 22.7 Å². The maximum absolute atomic E-state index is 12.7. The fourth-order valence-corrected chi connectivity index (χ4v) is 4.22. The quantitative estimate of drug-likeness (QED) is 0.825. The number of hydrogen-bond acceptors (Lipinski definition) is 3.